The zero-order chi connectivity index (χ0) is 18.7. The second-order valence-corrected chi connectivity index (χ2v) is 5.09. The van der Waals surface area contributed by atoms with E-state index in [1.54, 1.807) is 7.11 Å². The van der Waals surface area contributed by atoms with Crippen LogP contribution in [-0.2, 0) is 22.3 Å². The average Bonchev–Trinajstić information content (AvgIpc) is 2.57. The summed E-state index contributed by atoms with van der Waals surface area (Å²) in [4.78, 5) is 15.9. The molecule has 1 amide bonds. The highest BCUT2D eigenvalue weighted by molar-refractivity contribution is 14.0. The van der Waals surface area contributed by atoms with Gasteiger partial charge in [0.15, 0.2) is 5.96 Å². The summed E-state index contributed by atoms with van der Waals surface area (Å²) in [6, 6.07) is 4.81. The van der Waals surface area contributed by atoms with Crippen LogP contribution in [0.3, 0.4) is 0 Å². The molecule has 0 unspecified atom stereocenters. The van der Waals surface area contributed by atoms with Crippen molar-refractivity contribution in [2.45, 2.75) is 19.6 Å². The third kappa shape index (κ3) is 9.80. The standard InChI is InChI=1S/C16H23F3N4O2.HI/c1-3-20-15(23-11-14(24)21-8-9-25-2)22-10-12-4-6-13(7-5-12)16(17,18)19;/h4-7H,3,8-11H2,1-2H3,(H,21,24)(H2,20,22,23);1H. The molecule has 0 atom stereocenters. The molecule has 148 valence electrons. The van der Waals surface area contributed by atoms with E-state index in [0.29, 0.717) is 31.2 Å². The molecule has 1 aromatic rings. The van der Waals surface area contributed by atoms with Crippen LogP contribution in [0.15, 0.2) is 29.3 Å². The van der Waals surface area contributed by atoms with Gasteiger partial charge < -0.3 is 20.7 Å². The van der Waals surface area contributed by atoms with Crippen molar-refractivity contribution in [1.82, 2.24) is 16.0 Å². The number of guanidine groups is 1. The van der Waals surface area contributed by atoms with E-state index in [4.69, 9.17) is 4.74 Å². The van der Waals surface area contributed by atoms with Crippen molar-refractivity contribution in [2.75, 3.05) is 33.4 Å². The maximum Gasteiger partial charge on any atom is 0.416 e. The third-order valence-corrected chi connectivity index (χ3v) is 3.09. The van der Waals surface area contributed by atoms with Gasteiger partial charge in [0.2, 0.25) is 5.91 Å². The zero-order valence-corrected chi connectivity index (χ0v) is 17.0. The van der Waals surface area contributed by atoms with Gasteiger partial charge in [-0.1, -0.05) is 12.1 Å². The average molecular weight is 488 g/mol. The largest absolute Gasteiger partial charge is 0.416 e. The molecule has 10 heteroatoms. The highest BCUT2D eigenvalue weighted by Gasteiger charge is 2.29. The Morgan fingerprint density at radius 1 is 1.15 bits per heavy atom. The van der Waals surface area contributed by atoms with E-state index in [1.807, 2.05) is 6.92 Å². The number of benzene rings is 1. The van der Waals surface area contributed by atoms with Crippen LogP contribution in [0.25, 0.3) is 0 Å². The van der Waals surface area contributed by atoms with Gasteiger partial charge in [-0.05, 0) is 24.6 Å². The van der Waals surface area contributed by atoms with Gasteiger partial charge in [0.05, 0.1) is 25.3 Å². The summed E-state index contributed by atoms with van der Waals surface area (Å²) in [5.74, 6) is 0.196. The first-order chi connectivity index (χ1) is 11.9. The molecule has 0 aromatic heterocycles. The SMILES string of the molecule is CCNC(=NCc1ccc(C(F)(F)F)cc1)NCC(=O)NCCOC.I. The quantitative estimate of drug-likeness (QED) is 0.227. The number of amides is 1. The zero-order valence-electron chi connectivity index (χ0n) is 14.7. The second kappa shape index (κ2) is 12.7. The topological polar surface area (TPSA) is 74.8 Å². The Kier molecular flexibility index (Phi) is 12.0. The summed E-state index contributed by atoms with van der Waals surface area (Å²) >= 11 is 0. The summed E-state index contributed by atoms with van der Waals surface area (Å²) in [6.07, 6.45) is -4.35. The van der Waals surface area contributed by atoms with Gasteiger partial charge in [0.25, 0.3) is 0 Å². The van der Waals surface area contributed by atoms with Gasteiger partial charge in [0, 0.05) is 20.2 Å². The number of nitrogens with one attached hydrogen (secondary N) is 3. The van der Waals surface area contributed by atoms with Crippen LogP contribution in [-0.4, -0.2) is 45.2 Å². The van der Waals surface area contributed by atoms with Crippen molar-refractivity contribution in [3.05, 3.63) is 35.4 Å². The van der Waals surface area contributed by atoms with Gasteiger partial charge in [-0.25, -0.2) is 4.99 Å². The maximum atomic E-state index is 12.5. The minimum Gasteiger partial charge on any atom is -0.383 e. The van der Waals surface area contributed by atoms with Gasteiger partial charge in [-0.15, -0.1) is 24.0 Å². The molecule has 0 aliphatic heterocycles. The molecule has 3 N–H and O–H groups in total. The molecular weight excluding hydrogens is 464 g/mol. The minimum atomic E-state index is -4.35. The lowest BCUT2D eigenvalue weighted by molar-refractivity contribution is -0.137. The number of aliphatic imine (C=N–C) groups is 1. The van der Waals surface area contributed by atoms with Crippen molar-refractivity contribution in [1.29, 1.82) is 0 Å². The molecule has 26 heavy (non-hydrogen) atoms. The van der Waals surface area contributed by atoms with E-state index in [-0.39, 0.29) is 43.0 Å². The van der Waals surface area contributed by atoms with Crippen molar-refractivity contribution in [3.8, 4) is 0 Å². The summed E-state index contributed by atoms with van der Waals surface area (Å²) in [7, 11) is 1.54. The van der Waals surface area contributed by atoms with Gasteiger partial charge in [0.1, 0.15) is 0 Å². The molecule has 0 radical (unpaired) electrons. The van der Waals surface area contributed by atoms with Crippen LogP contribution in [0.5, 0.6) is 0 Å². The lowest BCUT2D eigenvalue weighted by Gasteiger charge is -2.12. The molecule has 0 saturated heterocycles. The van der Waals surface area contributed by atoms with E-state index in [0.717, 1.165) is 12.1 Å². The van der Waals surface area contributed by atoms with Gasteiger partial charge >= 0.3 is 6.18 Å². The molecule has 0 heterocycles. The van der Waals surface area contributed by atoms with Gasteiger partial charge in [-0.2, -0.15) is 13.2 Å². The van der Waals surface area contributed by atoms with Crippen LogP contribution < -0.4 is 16.0 Å². The summed E-state index contributed by atoms with van der Waals surface area (Å²) in [5.41, 5.74) is -0.0623. The number of hydrogen-bond donors (Lipinski definition) is 3. The number of hydrogen-bond acceptors (Lipinski definition) is 3. The Labute approximate surface area is 168 Å². The first-order valence-electron chi connectivity index (χ1n) is 7.80. The van der Waals surface area contributed by atoms with Crippen molar-refractivity contribution in [3.63, 3.8) is 0 Å². The van der Waals surface area contributed by atoms with E-state index in [1.165, 1.54) is 12.1 Å². The number of alkyl halides is 3. The molecular formula is C16H24F3IN4O2. The number of carbonyl (C=O) groups excluding carboxylic acids is 1. The van der Waals surface area contributed by atoms with Crippen LogP contribution >= 0.6 is 24.0 Å². The molecule has 0 fully saturated rings. The first kappa shape index (κ1) is 24.4. The predicted molar refractivity (Wildman–Crippen MR) is 105 cm³/mol. The molecule has 0 spiro atoms. The monoisotopic (exact) mass is 488 g/mol. The van der Waals surface area contributed by atoms with E-state index < -0.39 is 11.7 Å². The molecule has 0 aliphatic carbocycles. The lowest BCUT2D eigenvalue weighted by Crippen LogP contribution is -2.43. The molecule has 1 rings (SSSR count). The fourth-order valence-electron chi connectivity index (χ4n) is 1.83. The first-order valence-corrected chi connectivity index (χ1v) is 7.80. The number of rotatable bonds is 8. The molecule has 6 nitrogen and oxygen atoms in total. The fraction of sp³-hybridized carbons (Fsp3) is 0.500. The Bertz CT molecular complexity index is 566. The van der Waals surface area contributed by atoms with E-state index >= 15 is 0 Å². The van der Waals surface area contributed by atoms with E-state index in [2.05, 4.69) is 20.9 Å². The minimum absolute atomic E-state index is 0. The smallest absolute Gasteiger partial charge is 0.383 e. The molecule has 0 aliphatic rings. The Hall–Kier alpha value is -1.56. The molecule has 0 bridgehead atoms. The maximum absolute atomic E-state index is 12.5. The number of halogens is 4. The Balaban J connectivity index is 0.00000625. The van der Waals surface area contributed by atoms with Crippen molar-refractivity contribution >= 4 is 35.8 Å². The number of nitrogens with zero attached hydrogens (tertiary/aromatic N) is 1. The van der Waals surface area contributed by atoms with Crippen molar-refractivity contribution in [2.24, 2.45) is 4.99 Å². The molecule has 0 saturated carbocycles. The predicted octanol–water partition coefficient (Wildman–Crippen LogP) is 2.14. The van der Waals surface area contributed by atoms with E-state index in [9.17, 15) is 18.0 Å². The highest BCUT2D eigenvalue weighted by Crippen LogP contribution is 2.29. The number of carbonyl (C=O) groups is 1. The number of ether oxygens (including phenoxy) is 1. The summed E-state index contributed by atoms with van der Waals surface area (Å²) in [5, 5.41) is 8.48. The Morgan fingerprint density at radius 2 is 1.81 bits per heavy atom. The van der Waals surface area contributed by atoms with Crippen LogP contribution in [0, 0.1) is 0 Å². The molecule has 1 aromatic carbocycles. The van der Waals surface area contributed by atoms with Crippen LogP contribution in [0.4, 0.5) is 13.2 Å². The highest BCUT2D eigenvalue weighted by atomic mass is 127. The summed E-state index contributed by atoms with van der Waals surface area (Å²) < 4.78 is 42.4. The second-order valence-electron chi connectivity index (χ2n) is 5.09. The number of methoxy groups -OCH3 is 1. The Morgan fingerprint density at radius 3 is 2.35 bits per heavy atom. The van der Waals surface area contributed by atoms with Crippen molar-refractivity contribution < 1.29 is 22.7 Å². The third-order valence-electron chi connectivity index (χ3n) is 3.09. The lowest BCUT2D eigenvalue weighted by atomic mass is 10.1. The van der Waals surface area contributed by atoms with Gasteiger partial charge in [-0.3, -0.25) is 4.79 Å². The fourth-order valence-corrected chi connectivity index (χ4v) is 1.83. The normalized spacial score (nSPS) is 11.5. The van der Waals surface area contributed by atoms with Crippen LogP contribution in [0.2, 0.25) is 0 Å². The van der Waals surface area contributed by atoms with Crippen LogP contribution in [0.1, 0.15) is 18.1 Å². The summed E-state index contributed by atoms with van der Waals surface area (Å²) in [6.45, 7) is 3.52.